The molecule has 0 aromatic carbocycles. The molecule has 1 aliphatic rings. The number of hydrogen-bond donors (Lipinski definition) is 1. The fourth-order valence-corrected chi connectivity index (χ4v) is 4.74. The van der Waals surface area contributed by atoms with Gasteiger partial charge in [0.1, 0.15) is 5.76 Å². The van der Waals surface area contributed by atoms with Crippen LogP contribution in [0.1, 0.15) is 43.8 Å². The number of aromatic nitrogens is 5. The highest BCUT2D eigenvalue weighted by Crippen LogP contribution is 2.30. The molecule has 1 saturated heterocycles. The molecule has 1 fully saturated rings. The Kier molecular flexibility index (Phi) is 6.59. The van der Waals surface area contributed by atoms with E-state index in [2.05, 4.69) is 37.0 Å². The first-order valence-electron chi connectivity index (χ1n) is 11.0. The minimum absolute atomic E-state index is 0.0879. The van der Waals surface area contributed by atoms with Gasteiger partial charge < -0.3 is 14.6 Å². The molecule has 9 nitrogen and oxygen atoms in total. The highest BCUT2D eigenvalue weighted by molar-refractivity contribution is 8.00. The first kappa shape index (κ1) is 22.4. The van der Waals surface area contributed by atoms with Crippen molar-refractivity contribution in [3.63, 3.8) is 0 Å². The van der Waals surface area contributed by atoms with Gasteiger partial charge in [0.05, 0.1) is 35.1 Å². The predicted molar refractivity (Wildman–Crippen MR) is 125 cm³/mol. The number of thioether (sulfide) groups is 1. The zero-order valence-corrected chi connectivity index (χ0v) is 20.1. The lowest BCUT2D eigenvalue weighted by molar-refractivity contribution is -0.115. The molecule has 1 unspecified atom stereocenters. The van der Waals surface area contributed by atoms with E-state index >= 15 is 0 Å². The van der Waals surface area contributed by atoms with E-state index < -0.39 is 0 Å². The molecular weight excluding hydrogens is 426 g/mol. The SMILES string of the molecule is Cc1nn(C)c(C)c1NC(=O)C(C)Sc1nnc(N2CCC(C)CC2)n1Cc1ccco1. The number of amides is 1. The summed E-state index contributed by atoms with van der Waals surface area (Å²) in [6.07, 6.45) is 3.95. The molecule has 1 atom stereocenters. The first-order valence-corrected chi connectivity index (χ1v) is 11.9. The fraction of sp³-hybridized carbons (Fsp3) is 0.545. The summed E-state index contributed by atoms with van der Waals surface area (Å²) in [4.78, 5) is 15.2. The highest BCUT2D eigenvalue weighted by atomic mass is 32.2. The van der Waals surface area contributed by atoms with Crippen molar-refractivity contribution in [1.82, 2.24) is 24.5 Å². The van der Waals surface area contributed by atoms with Gasteiger partial charge in [0.2, 0.25) is 11.9 Å². The first-order chi connectivity index (χ1) is 15.3. The van der Waals surface area contributed by atoms with E-state index in [1.165, 1.54) is 11.8 Å². The van der Waals surface area contributed by atoms with Crippen LogP contribution in [0.15, 0.2) is 28.0 Å². The quantitative estimate of drug-likeness (QED) is 0.542. The summed E-state index contributed by atoms with van der Waals surface area (Å²) in [7, 11) is 1.87. The molecule has 3 aromatic heterocycles. The Morgan fingerprint density at radius 2 is 2.06 bits per heavy atom. The van der Waals surface area contributed by atoms with Crippen LogP contribution in [0.4, 0.5) is 11.6 Å². The van der Waals surface area contributed by atoms with Crippen molar-refractivity contribution in [1.29, 1.82) is 0 Å². The van der Waals surface area contributed by atoms with Gasteiger partial charge in [0.15, 0.2) is 5.16 Å². The van der Waals surface area contributed by atoms with E-state index in [-0.39, 0.29) is 11.2 Å². The molecule has 0 bridgehead atoms. The molecule has 32 heavy (non-hydrogen) atoms. The van der Waals surface area contributed by atoms with Crippen molar-refractivity contribution in [2.45, 2.75) is 57.5 Å². The number of piperidine rings is 1. The van der Waals surface area contributed by atoms with Gasteiger partial charge in [0.25, 0.3) is 0 Å². The van der Waals surface area contributed by atoms with Gasteiger partial charge in [-0.2, -0.15) is 5.10 Å². The van der Waals surface area contributed by atoms with Crippen LogP contribution in [-0.4, -0.2) is 48.8 Å². The summed E-state index contributed by atoms with van der Waals surface area (Å²) in [5.74, 6) is 2.30. The lowest BCUT2D eigenvalue weighted by Crippen LogP contribution is -2.35. The summed E-state index contributed by atoms with van der Waals surface area (Å²) in [6.45, 7) is 10.5. The topological polar surface area (TPSA) is 94.0 Å². The third-order valence-electron chi connectivity index (χ3n) is 6.07. The lowest BCUT2D eigenvalue weighted by Gasteiger charge is -2.31. The predicted octanol–water partition coefficient (Wildman–Crippen LogP) is 3.63. The van der Waals surface area contributed by atoms with E-state index in [1.807, 2.05) is 40.0 Å². The van der Waals surface area contributed by atoms with Crippen molar-refractivity contribution in [3.8, 4) is 0 Å². The Morgan fingerprint density at radius 3 is 2.69 bits per heavy atom. The molecule has 172 valence electrons. The Bertz CT molecular complexity index is 1060. The van der Waals surface area contributed by atoms with Crippen LogP contribution >= 0.6 is 11.8 Å². The highest BCUT2D eigenvalue weighted by Gasteiger charge is 2.26. The maximum atomic E-state index is 12.9. The number of aryl methyl sites for hydroxylation is 2. The third kappa shape index (κ3) is 4.69. The zero-order valence-electron chi connectivity index (χ0n) is 19.3. The average Bonchev–Trinajstić information content (AvgIpc) is 3.47. The summed E-state index contributed by atoms with van der Waals surface area (Å²) < 4.78 is 9.42. The molecular formula is C22H31N7O2S. The maximum absolute atomic E-state index is 12.9. The van der Waals surface area contributed by atoms with E-state index in [0.717, 1.165) is 60.6 Å². The molecule has 4 heterocycles. The molecule has 10 heteroatoms. The van der Waals surface area contributed by atoms with E-state index in [4.69, 9.17) is 4.42 Å². The van der Waals surface area contributed by atoms with Gasteiger partial charge >= 0.3 is 0 Å². The number of carbonyl (C=O) groups excluding carboxylic acids is 1. The van der Waals surface area contributed by atoms with Crippen molar-refractivity contribution in [2.24, 2.45) is 13.0 Å². The monoisotopic (exact) mass is 457 g/mol. The van der Waals surface area contributed by atoms with E-state index in [9.17, 15) is 4.79 Å². The van der Waals surface area contributed by atoms with Crippen LogP contribution in [0.3, 0.4) is 0 Å². The van der Waals surface area contributed by atoms with Crippen LogP contribution in [0.5, 0.6) is 0 Å². The van der Waals surface area contributed by atoms with Gasteiger partial charge in [0, 0.05) is 20.1 Å². The van der Waals surface area contributed by atoms with Crippen molar-refractivity contribution in [3.05, 3.63) is 35.5 Å². The molecule has 3 aromatic rings. The van der Waals surface area contributed by atoms with Crippen LogP contribution in [0.2, 0.25) is 0 Å². The molecule has 0 aliphatic carbocycles. The van der Waals surface area contributed by atoms with Crippen molar-refractivity contribution >= 4 is 29.3 Å². The minimum Gasteiger partial charge on any atom is -0.467 e. The summed E-state index contributed by atoms with van der Waals surface area (Å²) in [5.41, 5.74) is 2.50. The standard InChI is InChI=1S/C22H31N7O2S/c1-14-8-10-28(11-9-14)21-24-25-22(29(21)13-18-7-6-12-31-18)32-17(4)20(30)23-19-15(2)26-27(5)16(19)3/h6-7,12,14,17H,8-11,13H2,1-5H3,(H,23,30). The molecule has 1 aliphatic heterocycles. The second-order valence-corrected chi connectivity index (χ2v) is 9.84. The molecule has 0 spiro atoms. The summed E-state index contributed by atoms with van der Waals surface area (Å²) in [6, 6.07) is 3.82. The number of nitrogens with one attached hydrogen (secondary N) is 1. The Morgan fingerprint density at radius 1 is 1.31 bits per heavy atom. The van der Waals surface area contributed by atoms with Crippen molar-refractivity contribution in [2.75, 3.05) is 23.3 Å². The van der Waals surface area contributed by atoms with Crippen LogP contribution in [-0.2, 0) is 18.4 Å². The maximum Gasteiger partial charge on any atom is 0.237 e. The van der Waals surface area contributed by atoms with Crippen LogP contribution in [0.25, 0.3) is 0 Å². The normalized spacial score (nSPS) is 15.8. The number of furan rings is 1. The fourth-order valence-electron chi connectivity index (χ4n) is 3.90. The average molecular weight is 458 g/mol. The van der Waals surface area contributed by atoms with E-state index in [1.54, 1.807) is 10.9 Å². The Labute approximate surface area is 192 Å². The third-order valence-corrected chi connectivity index (χ3v) is 7.15. The van der Waals surface area contributed by atoms with Gasteiger partial charge in [-0.25, -0.2) is 0 Å². The van der Waals surface area contributed by atoms with Gasteiger partial charge in [-0.05, 0) is 51.7 Å². The van der Waals surface area contributed by atoms with Crippen molar-refractivity contribution < 1.29 is 9.21 Å². The molecule has 1 N–H and O–H groups in total. The summed E-state index contributed by atoms with van der Waals surface area (Å²) >= 11 is 1.41. The molecule has 1 amide bonds. The number of anilines is 2. The lowest BCUT2D eigenvalue weighted by atomic mass is 10.00. The molecule has 4 rings (SSSR count). The molecule has 0 radical (unpaired) electrons. The van der Waals surface area contributed by atoms with Gasteiger partial charge in [-0.3, -0.25) is 14.0 Å². The number of nitrogens with zero attached hydrogens (tertiary/aromatic N) is 6. The molecule has 0 saturated carbocycles. The van der Waals surface area contributed by atoms with Gasteiger partial charge in [-0.15, -0.1) is 10.2 Å². The zero-order chi connectivity index (χ0) is 22.8. The van der Waals surface area contributed by atoms with E-state index in [0.29, 0.717) is 11.7 Å². The Hall–Kier alpha value is -2.75. The minimum atomic E-state index is -0.359. The second-order valence-electron chi connectivity index (χ2n) is 8.54. The number of hydrogen-bond acceptors (Lipinski definition) is 7. The largest absolute Gasteiger partial charge is 0.467 e. The smallest absolute Gasteiger partial charge is 0.237 e. The van der Waals surface area contributed by atoms with Crippen LogP contribution in [0, 0.1) is 19.8 Å². The second kappa shape index (κ2) is 9.40. The summed E-state index contributed by atoms with van der Waals surface area (Å²) in [5, 5.41) is 16.7. The number of carbonyl (C=O) groups is 1. The number of rotatable bonds is 7. The van der Waals surface area contributed by atoms with Gasteiger partial charge in [-0.1, -0.05) is 18.7 Å². The van der Waals surface area contributed by atoms with Crippen LogP contribution < -0.4 is 10.2 Å². The Balaban J connectivity index is 1.53.